The lowest BCUT2D eigenvalue weighted by atomic mass is 10.1. The molecule has 0 aromatic carbocycles. The quantitative estimate of drug-likeness (QED) is 0.616. The molecule has 0 spiro atoms. The van der Waals surface area contributed by atoms with Gasteiger partial charge in [-0.3, -0.25) is 4.90 Å². The average molecular weight is 488 g/mol. The Bertz CT molecular complexity index is 962. The first-order valence-electron chi connectivity index (χ1n) is 9.65. The van der Waals surface area contributed by atoms with Crippen molar-refractivity contribution in [2.45, 2.75) is 31.6 Å². The van der Waals surface area contributed by atoms with E-state index in [0.717, 1.165) is 69.2 Å². The number of morpholine rings is 1. The number of rotatable bonds is 4. The lowest BCUT2D eigenvalue weighted by molar-refractivity contribution is 0.122. The first-order chi connectivity index (χ1) is 13.3. The summed E-state index contributed by atoms with van der Waals surface area (Å²) < 4.78 is 31.2. The molecule has 0 N–H and O–H groups in total. The van der Waals surface area contributed by atoms with Crippen LogP contribution in [0.3, 0.4) is 0 Å². The molecule has 28 heavy (non-hydrogen) atoms. The van der Waals surface area contributed by atoms with Crippen LogP contribution in [0.5, 0.6) is 0 Å². The number of hydrogen-bond donors (Lipinski definition) is 0. The van der Waals surface area contributed by atoms with Crippen LogP contribution in [0, 0.1) is 6.92 Å². The maximum Gasteiger partial charge on any atom is 0.150 e. The fourth-order valence-corrected chi connectivity index (χ4v) is 6.87. The highest BCUT2D eigenvalue weighted by Gasteiger charge is 2.27. The molecule has 4 rings (SSSR count). The molecule has 2 saturated heterocycles. The van der Waals surface area contributed by atoms with Gasteiger partial charge in [0.15, 0.2) is 0 Å². The molecule has 0 unspecified atom stereocenters. The fourth-order valence-electron chi connectivity index (χ4n) is 4.06. The van der Waals surface area contributed by atoms with Gasteiger partial charge in [-0.05, 0) is 60.4 Å². The maximum absolute atomic E-state index is 11.8. The molecule has 2 aliphatic rings. The third-order valence-corrected chi connectivity index (χ3v) is 9.17. The number of fused-ring (bicyclic) bond motifs is 1. The average Bonchev–Trinajstić information content (AvgIpc) is 2.97. The van der Waals surface area contributed by atoms with E-state index < -0.39 is 9.84 Å². The van der Waals surface area contributed by atoms with Crippen molar-refractivity contribution in [1.29, 1.82) is 0 Å². The van der Waals surface area contributed by atoms with Crippen LogP contribution in [0.2, 0.25) is 0 Å². The number of nitrogens with zero attached hydrogens (tertiary/aromatic N) is 3. The van der Waals surface area contributed by atoms with E-state index in [0.29, 0.717) is 0 Å². The van der Waals surface area contributed by atoms with Gasteiger partial charge in [-0.15, -0.1) is 11.3 Å². The minimum Gasteiger partial charge on any atom is -0.378 e. The van der Waals surface area contributed by atoms with Gasteiger partial charge in [0.2, 0.25) is 0 Å². The van der Waals surface area contributed by atoms with Crippen molar-refractivity contribution in [2.24, 2.45) is 0 Å². The molecular weight excluding hydrogens is 462 g/mol. The number of pyridine rings is 1. The van der Waals surface area contributed by atoms with E-state index in [9.17, 15) is 8.42 Å². The summed E-state index contributed by atoms with van der Waals surface area (Å²) in [6.45, 7) is 7.94. The normalized spacial score (nSPS) is 20.2. The Morgan fingerprint density at radius 2 is 1.93 bits per heavy atom. The van der Waals surface area contributed by atoms with Crippen LogP contribution < -0.4 is 4.90 Å². The zero-order chi connectivity index (χ0) is 19.9. The van der Waals surface area contributed by atoms with Crippen molar-refractivity contribution < 1.29 is 13.2 Å². The standard InChI is InChI=1S/C19H26BrN3O3S2/c1-13-15-11-17(20)21-19(23-7-9-26-10-8-23)18(15)27-16(13)12-22-5-3-14(4-6-22)28(2,24)25/h11,14H,3-10,12H2,1-2H3. The summed E-state index contributed by atoms with van der Waals surface area (Å²) in [6.07, 6.45) is 2.82. The number of anilines is 1. The van der Waals surface area contributed by atoms with E-state index >= 15 is 0 Å². The fraction of sp³-hybridized carbons (Fsp3) is 0.632. The maximum atomic E-state index is 11.8. The summed E-state index contributed by atoms with van der Waals surface area (Å²) in [6, 6.07) is 2.12. The lowest BCUT2D eigenvalue weighted by Gasteiger charge is -2.30. The zero-order valence-corrected chi connectivity index (χ0v) is 19.5. The smallest absolute Gasteiger partial charge is 0.150 e. The van der Waals surface area contributed by atoms with Crippen molar-refractivity contribution in [3.8, 4) is 0 Å². The lowest BCUT2D eigenvalue weighted by Crippen LogP contribution is -2.38. The minimum atomic E-state index is -2.93. The van der Waals surface area contributed by atoms with Crippen LogP contribution in [-0.2, 0) is 21.1 Å². The SMILES string of the molecule is Cc1c(CN2CCC(S(C)(=O)=O)CC2)sc2c(N3CCOCC3)nc(Br)cc12. The van der Waals surface area contributed by atoms with Gasteiger partial charge in [-0.2, -0.15) is 0 Å². The zero-order valence-electron chi connectivity index (χ0n) is 16.3. The first-order valence-corrected chi connectivity index (χ1v) is 13.2. The second-order valence-corrected chi connectivity index (χ2v) is 11.9. The number of aromatic nitrogens is 1. The van der Waals surface area contributed by atoms with Crippen molar-refractivity contribution in [3.05, 3.63) is 21.1 Å². The number of halogens is 1. The molecule has 6 nitrogen and oxygen atoms in total. The Labute approximate surface area is 178 Å². The Balaban J connectivity index is 1.58. The number of thiophene rings is 1. The Morgan fingerprint density at radius 3 is 2.57 bits per heavy atom. The molecule has 154 valence electrons. The third-order valence-electron chi connectivity index (χ3n) is 5.79. The summed E-state index contributed by atoms with van der Waals surface area (Å²) in [7, 11) is -2.93. The Hall–Kier alpha value is -0.740. The summed E-state index contributed by atoms with van der Waals surface area (Å²) in [4.78, 5) is 10.8. The molecule has 0 bridgehead atoms. The molecule has 2 aromatic rings. The van der Waals surface area contributed by atoms with Gasteiger partial charge in [0, 0.05) is 36.2 Å². The van der Waals surface area contributed by atoms with Crippen LogP contribution in [0.4, 0.5) is 5.82 Å². The van der Waals surface area contributed by atoms with Gasteiger partial charge in [0.1, 0.15) is 20.3 Å². The summed E-state index contributed by atoms with van der Waals surface area (Å²) in [5.74, 6) is 1.04. The molecule has 9 heteroatoms. The van der Waals surface area contributed by atoms with Gasteiger partial charge in [0.05, 0.1) is 23.2 Å². The van der Waals surface area contributed by atoms with E-state index in [1.165, 1.54) is 26.8 Å². The number of piperidine rings is 1. The second-order valence-electron chi connectivity index (χ2n) is 7.70. The second kappa shape index (κ2) is 8.18. The topological polar surface area (TPSA) is 62.7 Å². The van der Waals surface area contributed by atoms with Gasteiger partial charge in [0.25, 0.3) is 0 Å². The van der Waals surface area contributed by atoms with Crippen molar-refractivity contribution >= 4 is 53.0 Å². The predicted octanol–water partition coefficient (Wildman–Crippen LogP) is 3.21. The first kappa shape index (κ1) is 20.5. The van der Waals surface area contributed by atoms with E-state index in [1.807, 2.05) is 11.3 Å². The van der Waals surface area contributed by atoms with Crippen LogP contribution in [0.15, 0.2) is 10.7 Å². The van der Waals surface area contributed by atoms with Crippen molar-refractivity contribution in [3.63, 3.8) is 0 Å². The number of ether oxygens (including phenoxy) is 1. The molecule has 4 heterocycles. The van der Waals surface area contributed by atoms with Crippen LogP contribution in [0.1, 0.15) is 23.3 Å². The van der Waals surface area contributed by atoms with Gasteiger partial charge in [-0.1, -0.05) is 0 Å². The highest BCUT2D eigenvalue weighted by molar-refractivity contribution is 9.10. The molecule has 0 amide bonds. The van der Waals surface area contributed by atoms with Gasteiger partial charge in [-0.25, -0.2) is 13.4 Å². The van der Waals surface area contributed by atoms with Crippen LogP contribution in [0.25, 0.3) is 10.1 Å². The molecule has 0 saturated carbocycles. The van der Waals surface area contributed by atoms with Crippen LogP contribution >= 0.6 is 27.3 Å². The predicted molar refractivity (Wildman–Crippen MR) is 118 cm³/mol. The van der Waals surface area contributed by atoms with Crippen LogP contribution in [-0.4, -0.2) is 69.2 Å². The molecule has 2 fully saturated rings. The molecule has 0 atom stereocenters. The van der Waals surface area contributed by atoms with Crippen molar-refractivity contribution in [1.82, 2.24) is 9.88 Å². The largest absolute Gasteiger partial charge is 0.378 e. The Morgan fingerprint density at radius 1 is 1.25 bits per heavy atom. The number of hydrogen-bond acceptors (Lipinski definition) is 7. The van der Waals surface area contributed by atoms with Crippen molar-refractivity contribution in [2.75, 3.05) is 50.5 Å². The molecular formula is C19H26BrN3O3S2. The van der Waals surface area contributed by atoms with E-state index in [4.69, 9.17) is 9.72 Å². The highest BCUT2D eigenvalue weighted by atomic mass is 79.9. The summed E-state index contributed by atoms with van der Waals surface area (Å²) >= 11 is 5.41. The minimum absolute atomic E-state index is 0.180. The number of aryl methyl sites for hydroxylation is 1. The molecule has 0 aliphatic carbocycles. The highest BCUT2D eigenvalue weighted by Crippen LogP contribution is 2.39. The summed E-state index contributed by atoms with van der Waals surface area (Å²) in [5.41, 5.74) is 1.31. The van der Waals surface area contributed by atoms with Gasteiger partial charge >= 0.3 is 0 Å². The summed E-state index contributed by atoms with van der Waals surface area (Å²) in [5, 5.41) is 1.08. The third kappa shape index (κ3) is 4.23. The Kier molecular flexibility index (Phi) is 6.00. The molecule has 2 aliphatic heterocycles. The number of sulfone groups is 1. The van der Waals surface area contributed by atoms with E-state index in [-0.39, 0.29) is 5.25 Å². The van der Waals surface area contributed by atoms with Gasteiger partial charge < -0.3 is 9.64 Å². The van der Waals surface area contributed by atoms with E-state index in [1.54, 1.807) is 0 Å². The monoisotopic (exact) mass is 487 g/mol. The number of likely N-dealkylation sites (tertiary alicyclic amines) is 1. The molecule has 0 radical (unpaired) electrons. The molecule has 2 aromatic heterocycles. The van der Waals surface area contributed by atoms with E-state index in [2.05, 4.69) is 38.7 Å².